The molecule has 1 fully saturated rings. The van der Waals surface area contributed by atoms with Crippen LogP contribution in [-0.2, 0) is 4.79 Å². The number of nitrogens with one attached hydrogen (secondary N) is 2. The minimum absolute atomic E-state index is 0.0463. The summed E-state index contributed by atoms with van der Waals surface area (Å²) in [7, 11) is 0. The molecule has 2 N–H and O–H groups in total. The van der Waals surface area contributed by atoms with E-state index in [4.69, 9.17) is 0 Å². The Bertz CT molecular complexity index is 245. The van der Waals surface area contributed by atoms with Gasteiger partial charge < -0.3 is 5.32 Å². The van der Waals surface area contributed by atoms with Crippen molar-refractivity contribution in [2.75, 3.05) is 0 Å². The second-order valence-electron chi connectivity index (χ2n) is 3.69. The van der Waals surface area contributed by atoms with Crippen LogP contribution >= 0.6 is 0 Å². The molecular weight excluding hydrogens is 166 g/mol. The van der Waals surface area contributed by atoms with Gasteiger partial charge in [0.25, 0.3) is 5.91 Å². The fourth-order valence-corrected chi connectivity index (χ4v) is 1.41. The van der Waals surface area contributed by atoms with E-state index in [9.17, 15) is 4.79 Å². The van der Waals surface area contributed by atoms with Crippen LogP contribution in [0.2, 0.25) is 0 Å². The standard InChI is InChI=1S/C9H15N3O/c1-2-3-7-8(13)12-9(11-7)10-6-4-5-6/h6-7H,2-5H2,1H3,(H2,10,11,12,13). The second-order valence-corrected chi connectivity index (χ2v) is 3.69. The van der Waals surface area contributed by atoms with Crippen LogP contribution in [0.25, 0.3) is 0 Å². The van der Waals surface area contributed by atoms with E-state index in [1.807, 2.05) is 0 Å². The number of guanidine groups is 1. The van der Waals surface area contributed by atoms with Gasteiger partial charge in [-0.3, -0.25) is 10.1 Å². The Morgan fingerprint density at radius 3 is 3.00 bits per heavy atom. The minimum Gasteiger partial charge on any atom is -0.353 e. The average Bonchev–Trinajstić information content (AvgIpc) is 2.81. The molecule has 13 heavy (non-hydrogen) atoms. The molecule has 0 aromatic carbocycles. The van der Waals surface area contributed by atoms with Gasteiger partial charge in [-0.15, -0.1) is 0 Å². The number of carbonyl (C=O) groups is 1. The molecule has 1 atom stereocenters. The number of nitrogens with zero attached hydrogens (tertiary/aromatic N) is 1. The summed E-state index contributed by atoms with van der Waals surface area (Å²) in [5, 5.41) is 5.95. The Hall–Kier alpha value is -1.06. The molecule has 0 aromatic heterocycles. The number of rotatable bonds is 3. The molecule has 0 bridgehead atoms. The van der Waals surface area contributed by atoms with E-state index < -0.39 is 0 Å². The normalized spacial score (nSPS) is 27.0. The molecule has 2 aliphatic rings. The first kappa shape index (κ1) is 8.53. The van der Waals surface area contributed by atoms with Gasteiger partial charge in [-0.25, -0.2) is 4.99 Å². The van der Waals surface area contributed by atoms with Crippen molar-refractivity contribution in [2.45, 2.75) is 44.7 Å². The lowest BCUT2D eigenvalue weighted by Gasteiger charge is -2.01. The first-order chi connectivity index (χ1) is 6.29. The lowest BCUT2D eigenvalue weighted by Crippen LogP contribution is -2.38. The molecule has 72 valence electrons. The molecule has 1 unspecified atom stereocenters. The third kappa shape index (κ3) is 1.99. The zero-order valence-corrected chi connectivity index (χ0v) is 7.84. The van der Waals surface area contributed by atoms with Crippen LogP contribution in [0.1, 0.15) is 32.6 Å². The molecule has 0 spiro atoms. The molecule has 1 amide bonds. The predicted molar refractivity (Wildman–Crippen MR) is 50.4 cm³/mol. The summed E-state index contributed by atoms with van der Waals surface area (Å²) >= 11 is 0. The van der Waals surface area contributed by atoms with Gasteiger partial charge in [-0.05, 0) is 19.3 Å². The van der Waals surface area contributed by atoms with Crippen molar-refractivity contribution in [2.24, 2.45) is 4.99 Å². The maximum Gasteiger partial charge on any atom is 0.251 e. The topological polar surface area (TPSA) is 53.5 Å². The third-order valence-electron chi connectivity index (χ3n) is 2.31. The van der Waals surface area contributed by atoms with Crippen LogP contribution in [-0.4, -0.2) is 24.0 Å². The van der Waals surface area contributed by atoms with Gasteiger partial charge in [-0.2, -0.15) is 0 Å². The van der Waals surface area contributed by atoms with Crippen LogP contribution in [0.15, 0.2) is 4.99 Å². The quantitative estimate of drug-likeness (QED) is 0.662. The molecule has 0 radical (unpaired) electrons. The zero-order valence-electron chi connectivity index (χ0n) is 7.84. The van der Waals surface area contributed by atoms with Gasteiger partial charge in [0.2, 0.25) is 0 Å². The van der Waals surface area contributed by atoms with Crippen molar-refractivity contribution in [3.8, 4) is 0 Å². The van der Waals surface area contributed by atoms with E-state index in [2.05, 4.69) is 22.5 Å². The zero-order chi connectivity index (χ0) is 9.26. The lowest BCUT2D eigenvalue weighted by molar-refractivity contribution is -0.120. The van der Waals surface area contributed by atoms with Crippen LogP contribution in [0, 0.1) is 0 Å². The van der Waals surface area contributed by atoms with Crippen molar-refractivity contribution in [3.05, 3.63) is 0 Å². The first-order valence-corrected chi connectivity index (χ1v) is 4.95. The number of hydrogen-bond acceptors (Lipinski definition) is 3. The number of aliphatic imine (C=N–C) groups is 1. The van der Waals surface area contributed by atoms with E-state index in [0.717, 1.165) is 12.8 Å². The fraction of sp³-hybridized carbons (Fsp3) is 0.778. The Labute approximate surface area is 77.8 Å². The average molecular weight is 181 g/mol. The SMILES string of the molecule is CCCC1N=C(NC2CC2)NC1=O. The van der Waals surface area contributed by atoms with Crippen molar-refractivity contribution >= 4 is 11.9 Å². The highest BCUT2D eigenvalue weighted by atomic mass is 16.2. The first-order valence-electron chi connectivity index (χ1n) is 4.95. The van der Waals surface area contributed by atoms with Crippen molar-refractivity contribution < 1.29 is 4.79 Å². The fourth-order valence-electron chi connectivity index (χ4n) is 1.41. The van der Waals surface area contributed by atoms with E-state index >= 15 is 0 Å². The summed E-state index contributed by atoms with van der Waals surface area (Å²) in [5.74, 6) is 0.732. The summed E-state index contributed by atoms with van der Waals surface area (Å²) in [6.07, 6.45) is 4.25. The van der Waals surface area contributed by atoms with Gasteiger partial charge in [0.15, 0.2) is 5.96 Å². The molecule has 0 aromatic rings. The molecular formula is C9H15N3O. The molecule has 2 rings (SSSR count). The van der Waals surface area contributed by atoms with E-state index in [1.165, 1.54) is 12.8 Å². The van der Waals surface area contributed by atoms with Gasteiger partial charge in [0.1, 0.15) is 6.04 Å². The highest BCUT2D eigenvalue weighted by Crippen LogP contribution is 2.19. The van der Waals surface area contributed by atoms with Gasteiger partial charge in [0, 0.05) is 6.04 Å². The van der Waals surface area contributed by atoms with Crippen molar-refractivity contribution in [1.82, 2.24) is 10.6 Å². The van der Waals surface area contributed by atoms with Crippen LogP contribution < -0.4 is 10.6 Å². The highest BCUT2D eigenvalue weighted by Gasteiger charge is 2.29. The summed E-state index contributed by atoms with van der Waals surface area (Å²) in [6, 6.07) is 0.408. The smallest absolute Gasteiger partial charge is 0.251 e. The predicted octanol–water partition coefficient (Wildman–Crippen LogP) is 0.393. The largest absolute Gasteiger partial charge is 0.353 e. The maximum atomic E-state index is 11.3. The Balaban J connectivity index is 1.89. The minimum atomic E-state index is -0.147. The molecule has 4 nitrogen and oxygen atoms in total. The van der Waals surface area contributed by atoms with Crippen LogP contribution in [0.3, 0.4) is 0 Å². The molecule has 1 aliphatic heterocycles. The summed E-state index contributed by atoms with van der Waals surface area (Å²) in [6.45, 7) is 2.06. The van der Waals surface area contributed by atoms with E-state index in [1.54, 1.807) is 0 Å². The maximum absolute atomic E-state index is 11.3. The third-order valence-corrected chi connectivity index (χ3v) is 2.31. The number of carbonyl (C=O) groups excluding carboxylic acids is 1. The molecule has 1 heterocycles. The molecule has 4 heteroatoms. The summed E-state index contributed by atoms with van der Waals surface area (Å²) in [5.41, 5.74) is 0. The highest BCUT2D eigenvalue weighted by molar-refractivity contribution is 6.04. The Morgan fingerprint density at radius 1 is 1.62 bits per heavy atom. The van der Waals surface area contributed by atoms with Gasteiger partial charge >= 0.3 is 0 Å². The van der Waals surface area contributed by atoms with Crippen molar-refractivity contribution in [1.29, 1.82) is 0 Å². The van der Waals surface area contributed by atoms with Crippen molar-refractivity contribution in [3.63, 3.8) is 0 Å². The number of hydrogen-bond donors (Lipinski definition) is 2. The van der Waals surface area contributed by atoms with Crippen LogP contribution in [0.5, 0.6) is 0 Å². The lowest BCUT2D eigenvalue weighted by atomic mass is 10.2. The number of amides is 1. The monoisotopic (exact) mass is 181 g/mol. The van der Waals surface area contributed by atoms with Gasteiger partial charge in [-0.1, -0.05) is 13.3 Å². The summed E-state index contributed by atoms with van der Waals surface area (Å²) < 4.78 is 0. The summed E-state index contributed by atoms with van der Waals surface area (Å²) in [4.78, 5) is 15.6. The molecule has 1 aliphatic carbocycles. The van der Waals surface area contributed by atoms with Gasteiger partial charge in [0.05, 0.1) is 0 Å². The second kappa shape index (κ2) is 3.36. The van der Waals surface area contributed by atoms with E-state index in [0.29, 0.717) is 12.0 Å². The van der Waals surface area contributed by atoms with Crippen LogP contribution in [0.4, 0.5) is 0 Å². The molecule has 1 saturated carbocycles. The van der Waals surface area contributed by atoms with E-state index in [-0.39, 0.29) is 11.9 Å². The Morgan fingerprint density at radius 2 is 2.38 bits per heavy atom. The Kier molecular flexibility index (Phi) is 2.20. The molecule has 0 saturated heterocycles.